The Kier molecular flexibility index (Phi) is 5.67. The molecule has 0 radical (unpaired) electrons. The van der Waals surface area contributed by atoms with Crippen molar-refractivity contribution in [2.24, 2.45) is 0 Å². The number of halogens is 2. The molecule has 10 heteroatoms. The topological polar surface area (TPSA) is 80.9 Å². The van der Waals surface area contributed by atoms with Crippen LogP contribution in [0.25, 0.3) is 0 Å². The van der Waals surface area contributed by atoms with Crippen LogP contribution in [0.15, 0.2) is 33.2 Å². The van der Waals surface area contributed by atoms with E-state index in [4.69, 9.17) is 16.0 Å². The number of hydrogen-bond donors (Lipinski definition) is 1. The molecule has 0 bridgehead atoms. The molecule has 130 valence electrons. The van der Waals surface area contributed by atoms with Gasteiger partial charge in [-0.2, -0.15) is 0 Å². The Morgan fingerprint density at radius 3 is 3.00 bits per heavy atom. The third kappa shape index (κ3) is 5.00. The highest BCUT2D eigenvalue weighted by molar-refractivity contribution is 7.99. The Balaban J connectivity index is 1.52. The first-order valence-corrected chi connectivity index (χ1v) is 9.35. The number of hydrogen-bond acceptors (Lipinski definition) is 7. The van der Waals surface area contributed by atoms with Gasteiger partial charge in [-0.05, 0) is 25.1 Å². The maximum atomic E-state index is 13.6. The first kappa shape index (κ1) is 17.8. The van der Waals surface area contributed by atoms with Crippen LogP contribution < -0.4 is 5.32 Å². The fourth-order valence-corrected chi connectivity index (χ4v) is 3.27. The summed E-state index contributed by atoms with van der Waals surface area (Å²) in [6, 6.07) is 4.04. The minimum Gasteiger partial charge on any atom is -0.416 e. The van der Waals surface area contributed by atoms with Gasteiger partial charge in [0.25, 0.3) is 5.22 Å². The number of carbonyl (C=O) groups is 1. The Morgan fingerprint density at radius 2 is 2.28 bits per heavy atom. The number of amides is 1. The summed E-state index contributed by atoms with van der Waals surface area (Å²) >= 11 is 8.29. The summed E-state index contributed by atoms with van der Waals surface area (Å²) in [5.41, 5.74) is 0.929. The monoisotopic (exact) mass is 398 g/mol. The molecule has 1 N–H and O–H groups in total. The zero-order chi connectivity index (χ0) is 17.8. The van der Waals surface area contributed by atoms with Crippen molar-refractivity contribution in [1.82, 2.24) is 15.2 Å². The van der Waals surface area contributed by atoms with Crippen molar-refractivity contribution in [3.05, 3.63) is 51.0 Å². The summed E-state index contributed by atoms with van der Waals surface area (Å²) in [6.45, 7) is 1.92. The lowest BCUT2D eigenvalue weighted by molar-refractivity contribution is -0.113. The van der Waals surface area contributed by atoms with Crippen molar-refractivity contribution in [2.75, 3.05) is 11.1 Å². The van der Waals surface area contributed by atoms with E-state index in [2.05, 4.69) is 20.5 Å². The molecule has 0 aliphatic rings. The number of thiazole rings is 1. The molecule has 0 atom stereocenters. The van der Waals surface area contributed by atoms with Crippen LogP contribution in [0.4, 0.5) is 10.1 Å². The molecule has 0 unspecified atom stereocenters. The average Bonchev–Trinajstić information content (AvgIpc) is 3.17. The molecular formula is C15H12ClFN4O2S2. The van der Waals surface area contributed by atoms with Gasteiger partial charge in [0.1, 0.15) is 5.82 Å². The molecular weight excluding hydrogens is 387 g/mol. The number of aromatic nitrogens is 3. The molecule has 1 amide bonds. The Hall–Kier alpha value is -1.97. The number of nitrogens with one attached hydrogen (secondary N) is 1. The molecule has 2 heterocycles. The lowest BCUT2D eigenvalue weighted by atomic mass is 10.3. The zero-order valence-corrected chi connectivity index (χ0v) is 15.3. The normalized spacial score (nSPS) is 10.8. The summed E-state index contributed by atoms with van der Waals surface area (Å²) in [7, 11) is 0. The van der Waals surface area contributed by atoms with Gasteiger partial charge in [0.15, 0.2) is 0 Å². The van der Waals surface area contributed by atoms with E-state index >= 15 is 0 Å². The van der Waals surface area contributed by atoms with Crippen molar-refractivity contribution in [1.29, 1.82) is 0 Å². The molecule has 6 nitrogen and oxygen atoms in total. The van der Waals surface area contributed by atoms with Gasteiger partial charge in [0.05, 0.1) is 28.6 Å². The molecule has 2 aromatic heterocycles. The van der Waals surface area contributed by atoms with Crippen LogP contribution >= 0.6 is 34.7 Å². The SMILES string of the molecule is Cc1nc(Cc2nnc(SCC(=O)Nc3ccc(Cl)cc3F)o2)cs1. The smallest absolute Gasteiger partial charge is 0.277 e. The van der Waals surface area contributed by atoms with Crippen LogP contribution in [0, 0.1) is 12.7 Å². The largest absolute Gasteiger partial charge is 0.416 e. The summed E-state index contributed by atoms with van der Waals surface area (Å²) < 4.78 is 19.1. The summed E-state index contributed by atoms with van der Waals surface area (Å²) in [6.07, 6.45) is 0.445. The number of benzene rings is 1. The van der Waals surface area contributed by atoms with Gasteiger partial charge in [-0.1, -0.05) is 23.4 Å². The van der Waals surface area contributed by atoms with Gasteiger partial charge in [-0.3, -0.25) is 4.79 Å². The molecule has 0 saturated heterocycles. The number of thioether (sulfide) groups is 1. The highest BCUT2D eigenvalue weighted by Crippen LogP contribution is 2.21. The van der Waals surface area contributed by atoms with E-state index in [0.29, 0.717) is 12.3 Å². The highest BCUT2D eigenvalue weighted by Gasteiger charge is 2.13. The third-order valence-corrected chi connectivity index (χ3v) is 4.86. The minimum absolute atomic E-state index is 0.0134. The summed E-state index contributed by atoms with van der Waals surface area (Å²) in [5, 5.41) is 13.7. The van der Waals surface area contributed by atoms with Crippen molar-refractivity contribution in [2.45, 2.75) is 18.6 Å². The van der Waals surface area contributed by atoms with E-state index in [1.807, 2.05) is 12.3 Å². The van der Waals surface area contributed by atoms with E-state index in [9.17, 15) is 9.18 Å². The highest BCUT2D eigenvalue weighted by atomic mass is 35.5. The van der Waals surface area contributed by atoms with Gasteiger partial charge in [0.2, 0.25) is 11.8 Å². The molecule has 3 aromatic rings. The van der Waals surface area contributed by atoms with Gasteiger partial charge < -0.3 is 9.73 Å². The van der Waals surface area contributed by atoms with E-state index < -0.39 is 5.82 Å². The molecule has 0 aliphatic carbocycles. The fourth-order valence-electron chi connectivity index (χ4n) is 1.92. The molecule has 25 heavy (non-hydrogen) atoms. The molecule has 3 rings (SSSR count). The van der Waals surface area contributed by atoms with Gasteiger partial charge in [0, 0.05) is 10.4 Å². The lowest BCUT2D eigenvalue weighted by Gasteiger charge is -2.05. The summed E-state index contributed by atoms with van der Waals surface area (Å²) in [5.74, 6) is -0.540. The van der Waals surface area contributed by atoms with Crippen LogP contribution in [0.3, 0.4) is 0 Å². The van der Waals surface area contributed by atoms with E-state index in [0.717, 1.165) is 28.5 Å². The van der Waals surface area contributed by atoms with Crippen LogP contribution in [0.2, 0.25) is 5.02 Å². The second-order valence-electron chi connectivity index (χ2n) is 4.96. The third-order valence-electron chi connectivity index (χ3n) is 2.98. The maximum absolute atomic E-state index is 13.6. The van der Waals surface area contributed by atoms with Gasteiger partial charge in [-0.15, -0.1) is 21.5 Å². The fraction of sp³-hybridized carbons (Fsp3) is 0.200. The van der Waals surface area contributed by atoms with Crippen molar-refractivity contribution >= 4 is 46.3 Å². The first-order valence-electron chi connectivity index (χ1n) is 7.10. The van der Waals surface area contributed by atoms with Crippen molar-refractivity contribution in [3.63, 3.8) is 0 Å². The molecule has 0 saturated carbocycles. The predicted octanol–water partition coefficient (Wildman–Crippen LogP) is 3.95. The number of rotatable bonds is 6. The predicted molar refractivity (Wildman–Crippen MR) is 94.7 cm³/mol. The Morgan fingerprint density at radius 1 is 1.44 bits per heavy atom. The minimum atomic E-state index is -0.593. The van der Waals surface area contributed by atoms with E-state index in [1.54, 1.807) is 11.3 Å². The summed E-state index contributed by atoms with van der Waals surface area (Å²) in [4.78, 5) is 16.2. The molecule has 0 spiro atoms. The van der Waals surface area contributed by atoms with E-state index in [1.165, 1.54) is 12.1 Å². The molecule has 0 aliphatic heterocycles. The Bertz CT molecular complexity index is 899. The standard InChI is InChI=1S/C15H12ClFN4O2S2/c1-8-18-10(6-24-8)5-14-20-21-15(23-14)25-7-13(22)19-12-3-2-9(16)4-11(12)17/h2-4,6H,5,7H2,1H3,(H,19,22). The number of carbonyl (C=O) groups excluding carboxylic acids is 1. The van der Waals surface area contributed by atoms with Gasteiger partial charge in [-0.25, -0.2) is 9.37 Å². The maximum Gasteiger partial charge on any atom is 0.277 e. The van der Waals surface area contributed by atoms with Crippen LogP contribution in [-0.2, 0) is 11.2 Å². The average molecular weight is 399 g/mol. The second kappa shape index (κ2) is 7.94. The Labute approximate surface area is 155 Å². The number of anilines is 1. The molecule has 0 fully saturated rings. The van der Waals surface area contributed by atoms with Crippen molar-refractivity contribution in [3.8, 4) is 0 Å². The van der Waals surface area contributed by atoms with Crippen LogP contribution in [-0.4, -0.2) is 26.8 Å². The lowest BCUT2D eigenvalue weighted by Crippen LogP contribution is -2.15. The van der Waals surface area contributed by atoms with Gasteiger partial charge >= 0.3 is 0 Å². The van der Waals surface area contributed by atoms with Crippen LogP contribution in [0.1, 0.15) is 16.6 Å². The van der Waals surface area contributed by atoms with E-state index in [-0.39, 0.29) is 27.6 Å². The zero-order valence-electron chi connectivity index (χ0n) is 13.0. The second-order valence-corrected chi connectivity index (χ2v) is 7.38. The van der Waals surface area contributed by atoms with Crippen molar-refractivity contribution < 1.29 is 13.6 Å². The number of nitrogens with zero attached hydrogens (tertiary/aromatic N) is 3. The first-order chi connectivity index (χ1) is 12.0. The number of aryl methyl sites for hydroxylation is 1. The quantitative estimate of drug-likeness (QED) is 0.633. The van der Waals surface area contributed by atoms with Crippen LogP contribution in [0.5, 0.6) is 0 Å². The molecule has 1 aromatic carbocycles.